The highest BCUT2D eigenvalue weighted by Gasteiger charge is 2.31. The van der Waals surface area contributed by atoms with Crippen LogP contribution in [0.4, 0.5) is 0 Å². The van der Waals surface area contributed by atoms with E-state index in [1.165, 1.54) is 38.5 Å². The highest BCUT2D eigenvalue weighted by atomic mass is 16.4. The van der Waals surface area contributed by atoms with Crippen LogP contribution in [0.5, 0.6) is 0 Å². The van der Waals surface area contributed by atoms with Gasteiger partial charge in [-0.2, -0.15) is 0 Å². The molecule has 0 unspecified atom stereocenters. The first kappa shape index (κ1) is 18.0. The van der Waals surface area contributed by atoms with Crippen molar-refractivity contribution in [1.82, 2.24) is 4.90 Å². The zero-order chi connectivity index (χ0) is 15.5. The molecule has 1 fully saturated rings. The van der Waals surface area contributed by atoms with Crippen LogP contribution >= 0.6 is 0 Å². The fourth-order valence-corrected chi connectivity index (χ4v) is 3.04. The van der Waals surface area contributed by atoms with Crippen molar-refractivity contribution in [1.29, 1.82) is 0 Å². The number of carboxylic acid groups (broad SMARTS) is 1. The maximum Gasteiger partial charge on any atom is 0.326 e. The molecule has 1 aliphatic rings. The summed E-state index contributed by atoms with van der Waals surface area (Å²) in [7, 11) is 0. The van der Waals surface area contributed by atoms with Gasteiger partial charge in [-0.25, -0.2) is 4.79 Å². The molecule has 0 aromatic heterocycles. The molecule has 0 spiro atoms. The minimum Gasteiger partial charge on any atom is -0.480 e. The Labute approximate surface area is 128 Å². The van der Waals surface area contributed by atoms with Crippen molar-refractivity contribution in [2.75, 3.05) is 6.54 Å². The Morgan fingerprint density at radius 1 is 1.00 bits per heavy atom. The van der Waals surface area contributed by atoms with Gasteiger partial charge in [-0.15, -0.1) is 0 Å². The molecule has 1 rings (SSSR count). The number of amides is 1. The lowest BCUT2D eigenvalue weighted by Gasteiger charge is -2.33. The summed E-state index contributed by atoms with van der Waals surface area (Å²) in [6.45, 7) is 2.84. The van der Waals surface area contributed by atoms with E-state index in [0.29, 0.717) is 19.4 Å². The van der Waals surface area contributed by atoms with Crippen molar-refractivity contribution >= 4 is 11.9 Å². The number of aliphatic carboxylic acids is 1. The lowest BCUT2D eigenvalue weighted by atomic mass is 10.0. The van der Waals surface area contributed by atoms with Gasteiger partial charge in [0, 0.05) is 13.0 Å². The maximum atomic E-state index is 12.1. The minimum absolute atomic E-state index is 0.0353. The summed E-state index contributed by atoms with van der Waals surface area (Å²) in [4.78, 5) is 24.9. The third-order valence-corrected chi connectivity index (χ3v) is 4.35. The van der Waals surface area contributed by atoms with Gasteiger partial charge in [0.05, 0.1) is 0 Å². The highest BCUT2D eigenvalue weighted by Crippen LogP contribution is 2.19. The summed E-state index contributed by atoms with van der Waals surface area (Å²) in [6, 6.07) is -0.583. The lowest BCUT2D eigenvalue weighted by molar-refractivity contribution is -0.152. The van der Waals surface area contributed by atoms with E-state index in [1.807, 2.05) is 0 Å². The van der Waals surface area contributed by atoms with Crippen molar-refractivity contribution in [3.8, 4) is 0 Å². The lowest BCUT2D eigenvalue weighted by Crippen LogP contribution is -2.47. The van der Waals surface area contributed by atoms with Gasteiger partial charge in [0.2, 0.25) is 5.91 Å². The molecule has 21 heavy (non-hydrogen) atoms. The van der Waals surface area contributed by atoms with E-state index in [1.54, 1.807) is 4.90 Å². The summed E-state index contributed by atoms with van der Waals surface area (Å²) < 4.78 is 0. The van der Waals surface area contributed by atoms with Crippen LogP contribution in [0.25, 0.3) is 0 Å². The largest absolute Gasteiger partial charge is 0.480 e. The highest BCUT2D eigenvalue weighted by molar-refractivity contribution is 5.83. The molecule has 0 radical (unpaired) electrons. The van der Waals surface area contributed by atoms with E-state index in [-0.39, 0.29) is 5.91 Å². The zero-order valence-electron chi connectivity index (χ0n) is 13.5. The Bertz CT molecular complexity index is 317. The number of nitrogens with zero attached hydrogens (tertiary/aromatic N) is 1. The first-order valence-corrected chi connectivity index (χ1v) is 8.69. The molecule has 1 heterocycles. The molecule has 1 saturated heterocycles. The first-order chi connectivity index (χ1) is 10.2. The van der Waals surface area contributed by atoms with Crippen LogP contribution in [0.15, 0.2) is 0 Å². The molecule has 4 nitrogen and oxygen atoms in total. The normalized spacial score (nSPS) is 18.7. The molecule has 0 aliphatic carbocycles. The summed E-state index contributed by atoms with van der Waals surface area (Å²) >= 11 is 0. The van der Waals surface area contributed by atoms with E-state index < -0.39 is 12.0 Å². The summed E-state index contributed by atoms with van der Waals surface area (Å²) in [5.74, 6) is -0.813. The molecule has 0 aromatic rings. The predicted molar refractivity (Wildman–Crippen MR) is 84.2 cm³/mol. The molecular weight excluding hydrogens is 266 g/mol. The first-order valence-electron chi connectivity index (χ1n) is 8.69. The summed E-state index contributed by atoms with van der Waals surface area (Å²) in [5, 5.41) is 9.18. The van der Waals surface area contributed by atoms with Crippen molar-refractivity contribution in [3.63, 3.8) is 0 Å². The molecular formula is C17H31NO3. The van der Waals surface area contributed by atoms with Crippen molar-refractivity contribution < 1.29 is 14.7 Å². The minimum atomic E-state index is -0.848. The Morgan fingerprint density at radius 3 is 2.24 bits per heavy atom. The summed E-state index contributed by atoms with van der Waals surface area (Å²) in [5.41, 5.74) is 0. The monoisotopic (exact) mass is 297 g/mol. The number of carbonyl (C=O) groups excluding carboxylic acids is 1. The van der Waals surface area contributed by atoms with Crippen LogP contribution < -0.4 is 0 Å². The van der Waals surface area contributed by atoms with Gasteiger partial charge >= 0.3 is 5.97 Å². The van der Waals surface area contributed by atoms with Crippen LogP contribution in [0.2, 0.25) is 0 Å². The Balaban J connectivity index is 2.13. The zero-order valence-corrected chi connectivity index (χ0v) is 13.5. The molecule has 1 aliphatic heterocycles. The van der Waals surface area contributed by atoms with Gasteiger partial charge in [-0.3, -0.25) is 4.79 Å². The van der Waals surface area contributed by atoms with Crippen LogP contribution in [-0.4, -0.2) is 34.5 Å². The van der Waals surface area contributed by atoms with Crippen LogP contribution in [-0.2, 0) is 9.59 Å². The summed E-state index contributed by atoms with van der Waals surface area (Å²) in [6.07, 6.45) is 12.6. The van der Waals surface area contributed by atoms with Crippen molar-refractivity contribution in [3.05, 3.63) is 0 Å². The number of unbranched alkanes of at least 4 members (excludes halogenated alkanes) is 7. The van der Waals surface area contributed by atoms with Gasteiger partial charge < -0.3 is 10.0 Å². The third kappa shape index (κ3) is 6.96. The topological polar surface area (TPSA) is 57.6 Å². The van der Waals surface area contributed by atoms with Crippen molar-refractivity contribution in [2.45, 2.75) is 90.0 Å². The molecule has 1 amide bonds. The van der Waals surface area contributed by atoms with Crippen molar-refractivity contribution in [2.24, 2.45) is 0 Å². The molecule has 0 saturated carbocycles. The molecule has 4 heteroatoms. The number of likely N-dealkylation sites (tertiary alicyclic amines) is 1. The maximum absolute atomic E-state index is 12.1. The van der Waals surface area contributed by atoms with E-state index in [9.17, 15) is 14.7 Å². The van der Waals surface area contributed by atoms with E-state index in [0.717, 1.165) is 25.7 Å². The van der Waals surface area contributed by atoms with Gasteiger partial charge in [0.1, 0.15) is 6.04 Å². The average Bonchev–Trinajstić information content (AvgIpc) is 2.49. The number of piperidine rings is 1. The number of carbonyl (C=O) groups is 2. The third-order valence-electron chi connectivity index (χ3n) is 4.35. The smallest absolute Gasteiger partial charge is 0.326 e. The second-order valence-electron chi connectivity index (χ2n) is 6.16. The van der Waals surface area contributed by atoms with E-state index >= 15 is 0 Å². The van der Waals surface area contributed by atoms with Gasteiger partial charge in [-0.05, 0) is 25.7 Å². The second-order valence-corrected chi connectivity index (χ2v) is 6.16. The van der Waals surface area contributed by atoms with Crippen LogP contribution in [0, 0.1) is 0 Å². The number of hydrogen-bond donors (Lipinski definition) is 1. The Morgan fingerprint density at radius 2 is 1.62 bits per heavy atom. The molecule has 1 N–H and O–H groups in total. The molecule has 0 aromatic carbocycles. The standard InChI is InChI=1S/C17H31NO3/c1-2-3-4-5-6-7-8-9-13-16(19)18-14-11-10-12-15(18)17(20)21/h15H,2-14H2,1H3,(H,20,21)/t15-/m0/s1. The quantitative estimate of drug-likeness (QED) is 0.620. The molecule has 0 bridgehead atoms. The van der Waals surface area contributed by atoms with Crippen LogP contribution in [0.3, 0.4) is 0 Å². The molecule has 122 valence electrons. The van der Waals surface area contributed by atoms with Gasteiger partial charge in [0.25, 0.3) is 0 Å². The fraction of sp³-hybridized carbons (Fsp3) is 0.882. The van der Waals surface area contributed by atoms with Gasteiger partial charge in [0.15, 0.2) is 0 Å². The van der Waals surface area contributed by atoms with Crippen LogP contribution in [0.1, 0.15) is 84.0 Å². The molecule has 1 atom stereocenters. The number of carboxylic acids is 1. The predicted octanol–water partition coefficient (Wildman–Crippen LogP) is 3.98. The average molecular weight is 297 g/mol. The second kappa shape index (κ2) is 10.6. The van der Waals surface area contributed by atoms with E-state index in [2.05, 4.69) is 6.92 Å². The number of hydrogen-bond acceptors (Lipinski definition) is 2. The fourth-order valence-electron chi connectivity index (χ4n) is 3.04. The SMILES string of the molecule is CCCCCCCCCCC(=O)N1CCCC[C@H]1C(=O)O. The van der Waals surface area contributed by atoms with Gasteiger partial charge in [-0.1, -0.05) is 51.9 Å². The Hall–Kier alpha value is -1.06. The Kier molecular flexibility index (Phi) is 9.11. The van der Waals surface area contributed by atoms with E-state index in [4.69, 9.17) is 0 Å². The number of rotatable bonds is 10.